The van der Waals surface area contributed by atoms with Crippen molar-refractivity contribution < 1.29 is 17.2 Å². The third-order valence-corrected chi connectivity index (χ3v) is 2.80. The average Bonchev–Trinajstić information content (AvgIpc) is 1.98. The zero-order chi connectivity index (χ0) is 9.56. The molecule has 0 aromatic heterocycles. The van der Waals surface area contributed by atoms with E-state index in [9.17, 15) is 13.0 Å². The van der Waals surface area contributed by atoms with Gasteiger partial charge in [-0.2, -0.15) is 8.78 Å². The van der Waals surface area contributed by atoms with Gasteiger partial charge in [-0.15, -0.1) is 11.6 Å². The van der Waals surface area contributed by atoms with Crippen molar-refractivity contribution in [3.05, 3.63) is 0 Å². The molecule has 2 atom stereocenters. The van der Waals surface area contributed by atoms with Crippen LogP contribution in [0.15, 0.2) is 0 Å². The monoisotopic (exact) mass is 220 g/mol. The first kappa shape index (κ1) is 12.3. The van der Waals surface area contributed by atoms with Crippen LogP contribution in [0.5, 0.6) is 0 Å². The molecule has 0 aliphatic heterocycles. The largest absolute Gasteiger partial charge is 0.357 e. The molecule has 2 nitrogen and oxygen atoms in total. The third-order valence-electron chi connectivity index (χ3n) is 1.16. The fraction of sp³-hybridized carbons (Fsp3) is 1.00. The molecule has 0 bridgehead atoms. The number of hydrogen-bond acceptors (Lipinski definition) is 2. The predicted molar refractivity (Wildman–Crippen MR) is 44.4 cm³/mol. The Morgan fingerprint density at radius 3 is 2.58 bits per heavy atom. The molecule has 0 amide bonds. The molecular weight excluding hydrogens is 210 g/mol. The van der Waals surface area contributed by atoms with E-state index < -0.39 is 22.4 Å². The standard InChI is InChI=1S/C6H11ClF2O2S/c1-2-3-4-5(7)12(10)11-6(8)9/h5-6H,2-4H2,1H3. The maximum Gasteiger partial charge on any atom is 0.357 e. The van der Waals surface area contributed by atoms with Gasteiger partial charge < -0.3 is 0 Å². The normalized spacial score (nSPS) is 16.4. The molecule has 0 saturated heterocycles. The lowest BCUT2D eigenvalue weighted by Crippen LogP contribution is -2.13. The molecule has 0 aromatic carbocycles. The highest BCUT2D eigenvalue weighted by atomic mass is 35.5. The van der Waals surface area contributed by atoms with E-state index in [2.05, 4.69) is 4.18 Å². The smallest absolute Gasteiger partial charge is 0.228 e. The van der Waals surface area contributed by atoms with Gasteiger partial charge in [0, 0.05) is 0 Å². The molecule has 12 heavy (non-hydrogen) atoms. The Hall–Kier alpha value is 0.260. The summed E-state index contributed by atoms with van der Waals surface area (Å²) in [5.74, 6) is 0. The second kappa shape index (κ2) is 6.74. The van der Waals surface area contributed by atoms with Gasteiger partial charge in [0.25, 0.3) is 0 Å². The van der Waals surface area contributed by atoms with Crippen molar-refractivity contribution >= 4 is 22.7 Å². The van der Waals surface area contributed by atoms with E-state index in [1.807, 2.05) is 6.92 Å². The number of rotatable bonds is 6. The summed E-state index contributed by atoms with van der Waals surface area (Å²) in [4.78, 5) is 0. The summed E-state index contributed by atoms with van der Waals surface area (Å²) in [5.41, 5.74) is 0. The molecule has 0 saturated carbocycles. The molecule has 0 spiro atoms. The van der Waals surface area contributed by atoms with E-state index in [1.165, 1.54) is 0 Å². The van der Waals surface area contributed by atoms with Gasteiger partial charge in [0.2, 0.25) is 0 Å². The molecule has 0 heterocycles. The van der Waals surface area contributed by atoms with Gasteiger partial charge in [-0.1, -0.05) is 19.8 Å². The third kappa shape index (κ3) is 5.85. The predicted octanol–water partition coefficient (Wildman–Crippen LogP) is 2.64. The molecule has 74 valence electrons. The van der Waals surface area contributed by atoms with Gasteiger partial charge in [0.15, 0.2) is 11.1 Å². The van der Waals surface area contributed by atoms with Crippen LogP contribution >= 0.6 is 11.6 Å². The van der Waals surface area contributed by atoms with Crippen LogP contribution in [0.4, 0.5) is 8.78 Å². The van der Waals surface area contributed by atoms with Gasteiger partial charge in [0.1, 0.15) is 4.71 Å². The molecule has 2 unspecified atom stereocenters. The quantitative estimate of drug-likeness (QED) is 0.644. The van der Waals surface area contributed by atoms with Crippen LogP contribution in [0, 0.1) is 0 Å². The zero-order valence-corrected chi connectivity index (χ0v) is 8.21. The molecule has 0 N–H and O–H groups in total. The molecule has 0 radical (unpaired) electrons. The summed E-state index contributed by atoms with van der Waals surface area (Å²) in [6.07, 6.45) is 2.07. The molecule has 6 heteroatoms. The van der Waals surface area contributed by atoms with Gasteiger partial charge in [0.05, 0.1) is 0 Å². The Morgan fingerprint density at radius 1 is 1.58 bits per heavy atom. The van der Waals surface area contributed by atoms with Crippen molar-refractivity contribution in [2.45, 2.75) is 37.5 Å². The summed E-state index contributed by atoms with van der Waals surface area (Å²) in [6, 6.07) is 0. The lowest BCUT2D eigenvalue weighted by atomic mass is 10.3. The Balaban J connectivity index is 3.61. The second-order valence-corrected chi connectivity index (χ2v) is 4.24. The summed E-state index contributed by atoms with van der Waals surface area (Å²) < 4.78 is 36.6. The Kier molecular flexibility index (Phi) is 6.89. The minimum atomic E-state index is -3.02. The highest BCUT2D eigenvalue weighted by Gasteiger charge is 2.17. The Bertz CT molecular complexity index is 146. The van der Waals surface area contributed by atoms with Crippen LogP contribution in [0.3, 0.4) is 0 Å². The second-order valence-electron chi connectivity index (χ2n) is 2.17. The van der Waals surface area contributed by atoms with Crippen LogP contribution in [-0.4, -0.2) is 15.5 Å². The van der Waals surface area contributed by atoms with Crippen LogP contribution in [0.2, 0.25) is 0 Å². The molecule has 0 rings (SSSR count). The summed E-state index contributed by atoms with van der Waals surface area (Å²) >= 11 is 3.41. The molecule has 0 aliphatic carbocycles. The lowest BCUT2D eigenvalue weighted by Gasteiger charge is -2.07. The fourth-order valence-electron chi connectivity index (χ4n) is 0.593. The number of unbranched alkanes of at least 4 members (excludes halogenated alkanes) is 1. The van der Waals surface area contributed by atoms with E-state index in [1.54, 1.807) is 0 Å². The summed E-state index contributed by atoms with van der Waals surface area (Å²) in [6.45, 7) is -1.09. The number of hydrogen-bond donors (Lipinski definition) is 0. The minimum Gasteiger partial charge on any atom is -0.228 e. The molecule has 0 aliphatic rings. The van der Waals surface area contributed by atoms with Crippen molar-refractivity contribution in [1.82, 2.24) is 0 Å². The van der Waals surface area contributed by atoms with Crippen LogP contribution < -0.4 is 0 Å². The van der Waals surface area contributed by atoms with Crippen molar-refractivity contribution in [3.63, 3.8) is 0 Å². The SMILES string of the molecule is CCCCC(Cl)S(=O)OC(F)F. The Labute approximate surface area is 77.9 Å². The van der Waals surface area contributed by atoms with Crippen molar-refractivity contribution in [2.75, 3.05) is 0 Å². The topological polar surface area (TPSA) is 26.3 Å². The maximum absolute atomic E-state index is 11.5. The highest BCUT2D eigenvalue weighted by molar-refractivity contribution is 7.82. The molecule has 0 fully saturated rings. The van der Waals surface area contributed by atoms with Crippen LogP contribution in [0.1, 0.15) is 26.2 Å². The van der Waals surface area contributed by atoms with Crippen LogP contribution in [0.25, 0.3) is 0 Å². The first-order valence-corrected chi connectivity index (χ1v) is 5.15. The highest BCUT2D eigenvalue weighted by Crippen LogP contribution is 2.14. The van der Waals surface area contributed by atoms with E-state index in [0.29, 0.717) is 6.42 Å². The van der Waals surface area contributed by atoms with Crippen LogP contribution in [-0.2, 0) is 15.3 Å². The number of alkyl halides is 3. The fourth-order valence-corrected chi connectivity index (χ4v) is 1.50. The summed E-state index contributed by atoms with van der Waals surface area (Å²) in [5, 5.41) is 0. The minimum absolute atomic E-state index is 0.428. The Morgan fingerprint density at radius 2 is 2.17 bits per heavy atom. The van der Waals surface area contributed by atoms with E-state index in [4.69, 9.17) is 11.6 Å². The van der Waals surface area contributed by atoms with Gasteiger partial charge >= 0.3 is 6.61 Å². The van der Waals surface area contributed by atoms with Crippen molar-refractivity contribution in [3.8, 4) is 0 Å². The van der Waals surface area contributed by atoms with Gasteiger partial charge in [-0.05, 0) is 6.42 Å². The van der Waals surface area contributed by atoms with Crippen molar-refractivity contribution in [1.29, 1.82) is 0 Å². The zero-order valence-electron chi connectivity index (χ0n) is 6.63. The van der Waals surface area contributed by atoms with Crippen molar-refractivity contribution in [2.24, 2.45) is 0 Å². The maximum atomic E-state index is 11.5. The number of halogens is 3. The first-order valence-electron chi connectivity index (χ1n) is 3.57. The summed E-state index contributed by atoms with van der Waals surface area (Å²) in [7, 11) is 0. The van der Waals surface area contributed by atoms with Gasteiger partial charge in [-0.3, -0.25) is 0 Å². The van der Waals surface area contributed by atoms with E-state index in [0.717, 1.165) is 12.8 Å². The average molecular weight is 221 g/mol. The van der Waals surface area contributed by atoms with Gasteiger partial charge in [-0.25, -0.2) is 8.39 Å². The molecular formula is C6H11ClF2O2S. The molecule has 0 aromatic rings. The lowest BCUT2D eigenvalue weighted by molar-refractivity contribution is -0.0400. The van der Waals surface area contributed by atoms with E-state index in [-0.39, 0.29) is 0 Å². The first-order chi connectivity index (χ1) is 5.57. The van der Waals surface area contributed by atoms with E-state index >= 15 is 0 Å².